The number of nitrogens with one attached hydrogen (secondary N) is 1. The first-order valence-corrected chi connectivity index (χ1v) is 8.19. The van der Waals surface area contributed by atoms with E-state index in [-0.39, 0.29) is 0 Å². The van der Waals surface area contributed by atoms with Gasteiger partial charge in [0.2, 0.25) is 0 Å². The Labute approximate surface area is 126 Å². The molecule has 110 valence electrons. The van der Waals surface area contributed by atoms with Crippen molar-refractivity contribution in [2.45, 2.75) is 51.1 Å². The molecule has 0 unspecified atom stereocenters. The van der Waals surface area contributed by atoms with Gasteiger partial charge in [0.1, 0.15) is 5.82 Å². The monoisotopic (exact) mass is 293 g/mol. The van der Waals surface area contributed by atoms with E-state index in [2.05, 4.69) is 28.3 Å². The highest BCUT2D eigenvalue weighted by Gasteiger charge is 2.21. The summed E-state index contributed by atoms with van der Waals surface area (Å²) in [5.41, 5.74) is 1.17. The summed E-state index contributed by atoms with van der Waals surface area (Å²) in [4.78, 5) is 6.77. The molecule has 1 heterocycles. The molecule has 4 heteroatoms. The summed E-state index contributed by atoms with van der Waals surface area (Å²) in [6, 6.07) is 2.85. The van der Waals surface area contributed by atoms with Crippen molar-refractivity contribution in [1.82, 2.24) is 10.3 Å². The van der Waals surface area contributed by atoms with Crippen LogP contribution in [0, 0.1) is 5.92 Å². The fourth-order valence-corrected chi connectivity index (χ4v) is 3.20. The van der Waals surface area contributed by atoms with E-state index in [1.165, 1.54) is 44.1 Å². The summed E-state index contributed by atoms with van der Waals surface area (Å²) in [5, 5.41) is 4.30. The van der Waals surface area contributed by atoms with Crippen LogP contribution in [0.25, 0.3) is 0 Å². The van der Waals surface area contributed by atoms with Gasteiger partial charge >= 0.3 is 0 Å². The summed E-state index contributed by atoms with van der Waals surface area (Å²) in [6.45, 7) is 1.97. The Morgan fingerprint density at radius 2 is 2.05 bits per heavy atom. The summed E-state index contributed by atoms with van der Waals surface area (Å²) < 4.78 is 0. The predicted octanol–water partition coefficient (Wildman–Crippen LogP) is 3.61. The summed E-state index contributed by atoms with van der Waals surface area (Å²) >= 11 is 6.25. The average Bonchev–Trinajstić information content (AvgIpc) is 3.14. The second-order valence-corrected chi connectivity index (χ2v) is 6.73. The standard InChI is InChI=1S/C16H24ClN3/c1-20(11-12-4-2-3-5-12)16-8-13(15(17)10-19-16)9-18-14-6-7-14/h8,10,12,14,18H,2-7,9,11H2,1H3. The van der Waals surface area contributed by atoms with E-state index < -0.39 is 0 Å². The number of anilines is 1. The Bertz CT molecular complexity index is 453. The van der Waals surface area contributed by atoms with E-state index in [0.717, 1.165) is 29.8 Å². The van der Waals surface area contributed by atoms with E-state index in [1.807, 2.05) is 0 Å². The molecule has 3 nitrogen and oxygen atoms in total. The van der Waals surface area contributed by atoms with Gasteiger partial charge in [0.05, 0.1) is 5.02 Å². The molecule has 0 atom stereocenters. The Hall–Kier alpha value is -0.800. The van der Waals surface area contributed by atoms with Crippen LogP contribution in [0.4, 0.5) is 5.82 Å². The van der Waals surface area contributed by atoms with Crippen molar-refractivity contribution in [2.75, 3.05) is 18.5 Å². The molecule has 20 heavy (non-hydrogen) atoms. The van der Waals surface area contributed by atoms with Crippen LogP contribution in [-0.2, 0) is 6.54 Å². The van der Waals surface area contributed by atoms with Crippen molar-refractivity contribution < 1.29 is 0 Å². The van der Waals surface area contributed by atoms with Crippen LogP contribution in [0.15, 0.2) is 12.3 Å². The molecule has 0 radical (unpaired) electrons. The molecular weight excluding hydrogens is 270 g/mol. The van der Waals surface area contributed by atoms with Crippen LogP contribution in [0.2, 0.25) is 5.02 Å². The van der Waals surface area contributed by atoms with Crippen LogP contribution in [-0.4, -0.2) is 24.6 Å². The van der Waals surface area contributed by atoms with Crippen LogP contribution >= 0.6 is 11.6 Å². The van der Waals surface area contributed by atoms with E-state index in [0.29, 0.717) is 6.04 Å². The second-order valence-electron chi connectivity index (χ2n) is 6.32. The van der Waals surface area contributed by atoms with Gasteiger partial charge in [-0.3, -0.25) is 0 Å². The van der Waals surface area contributed by atoms with Gasteiger partial charge in [-0.25, -0.2) is 4.98 Å². The van der Waals surface area contributed by atoms with E-state index in [9.17, 15) is 0 Å². The number of hydrogen-bond acceptors (Lipinski definition) is 3. The van der Waals surface area contributed by atoms with Gasteiger partial charge in [-0.05, 0) is 43.2 Å². The maximum atomic E-state index is 6.25. The fourth-order valence-electron chi connectivity index (χ4n) is 3.03. The first-order chi connectivity index (χ1) is 9.72. The lowest BCUT2D eigenvalue weighted by Crippen LogP contribution is -2.25. The molecule has 1 aromatic rings. The zero-order chi connectivity index (χ0) is 13.9. The number of aromatic nitrogens is 1. The van der Waals surface area contributed by atoms with Gasteiger partial charge < -0.3 is 10.2 Å². The molecule has 2 fully saturated rings. The van der Waals surface area contributed by atoms with Crippen molar-refractivity contribution in [1.29, 1.82) is 0 Å². The first-order valence-electron chi connectivity index (χ1n) is 7.81. The molecular formula is C16H24ClN3. The molecule has 0 spiro atoms. The molecule has 0 bridgehead atoms. The van der Waals surface area contributed by atoms with Crippen molar-refractivity contribution in [3.8, 4) is 0 Å². The van der Waals surface area contributed by atoms with Crippen LogP contribution in [0.3, 0.4) is 0 Å². The third-order valence-corrected chi connectivity index (χ3v) is 4.82. The van der Waals surface area contributed by atoms with Gasteiger partial charge in [-0.1, -0.05) is 24.4 Å². The zero-order valence-electron chi connectivity index (χ0n) is 12.2. The Kier molecular flexibility index (Phi) is 4.47. The van der Waals surface area contributed by atoms with Crippen LogP contribution in [0.5, 0.6) is 0 Å². The van der Waals surface area contributed by atoms with Crippen molar-refractivity contribution in [3.63, 3.8) is 0 Å². The quantitative estimate of drug-likeness (QED) is 0.868. The van der Waals surface area contributed by atoms with E-state index in [1.54, 1.807) is 6.20 Å². The molecule has 1 aromatic heterocycles. The lowest BCUT2D eigenvalue weighted by atomic mass is 10.1. The molecule has 0 aliphatic heterocycles. The minimum Gasteiger partial charge on any atom is -0.359 e. The fraction of sp³-hybridized carbons (Fsp3) is 0.688. The number of rotatable bonds is 6. The number of hydrogen-bond donors (Lipinski definition) is 1. The maximum Gasteiger partial charge on any atom is 0.128 e. The summed E-state index contributed by atoms with van der Waals surface area (Å²) in [7, 11) is 2.15. The topological polar surface area (TPSA) is 28.2 Å². The largest absolute Gasteiger partial charge is 0.359 e. The minimum absolute atomic E-state index is 0.707. The van der Waals surface area contributed by atoms with Crippen molar-refractivity contribution >= 4 is 17.4 Å². The Morgan fingerprint density at radius 1 is 1.30 bits per heavy atom. The predicted molar refractivity (Wildman–Crippen MR) is 84.3 cm³/mol. The molecule has 2 aliphatic rings. The smallest absolute Gasteiger partial charge is 0.128 e. The Balaban J connectivity index is 1.63. The van der Waals surface area contributed by atoms with Gasteiger partial charge in [0.25, 0.3) is 0 Å². The molecule has 0 amide bonds. The summed E-state index contributed by atoms with van der Waals surface area (Å²) in [5.74, 6) is 1.89. The highest BCUT2D eigenvalue weighted by Crippen LogP contribution is 2.27. The zero-order valence-corrected chi connectivity index (χ0v) is 13.0. The SMILES string of the molecule is CN(CC1CCCC1)c1cc(CNC2CC2)c(Cl)cn1. The lowest BCUT2D eigenvalue weighted by Gasteiger charge is -2.22. The van der Waals surface area contributed by atoms with Crippen LogP contribution < -0.4 is 10.2 Å². The van der Waals surface area contributed by atoms with Gasteiger partial charge in [0.15, 0.2) is 0 Å². The molecule has 1 N–H and O–H groups in total. The second kappa shape index (κ2) is 6.31. The van der Waals surface area contributed by atoms with Crippen LogP contribution in [0.1, 0.15) is 44.1 Å². The maximum absolute atomic E-state index is 6.25. The molecule has 0 aromatic carbocycles. The Morgan fingerprint density at radius 3 is 2.75 bits per heavy atom. The van der Waals surface area contributed by atoms with E-state index in [4.69, 9.17) is 11.6 Å². The summed E-state index contributed by atoms with van der Waals surface area (Å²) in [6.07, 6.45) is 9.93. The van der Waals surface area contributed by atoms with Gasteiger partial charge in [-0.2, -0.15) is 0 Å². The normalized spacial score (nSPS) is 19.5. The third kappa shape index (κ3) is 3.64. The molecule has 0 saturated heterocycles. The van der Waals surface area contributed by atoms with Gasteiger partial charge in [-0.15, -0.1) is 0 Å². The number of pyridine rings is 1. The lowest BCUT2D eigenvalue weighted by molar-refractivity contribution is 0.545. The number of nitrogens with zero attached hydrogens (tertiary/aromatic N) is 2. The van der Waals surface area contributed by atoms with Crippen molar-refractivity contribution in [3.05, 3.63) is 22.8 Å². The third-order valence-electron chi connectivity index (χ3n) is 4.48. The van der Waals surface area contributed by atoms with E-state index >= 15 is 0 Å². The van der Waals surface area contributed by atoms with Crippen molar-refractivity contribution in [2.24, 2.45) is 5.92 Å². The molecule has 2 saturated carbocycles. The van der Waals surface area contributed by atoms with Gasteiger partial charge in [0, 0.05) is 32.4 Å². The highest BCUT2D eigenvalue weighted by atomic mass is 35.5. The average molecular weight is 294 g/mol. The highest BCUT2D eigenvalue weighted by molar-refractivity contribution is 6.31. The molecule has 3 rings (SSSR count). The minimum atomic E-state index is 0.707. The molecule has 2 aliphatic carbocycles. The first kappa shape index (κ1) is 14.2. The number of halogens is 1.